The second-order valence-corrected chi connectivity index (χ2v) is 9.21. The monoisotopic (exact) mass is 516 g/mol. The van der Waals surface area contributed by atoms with E-state index in [-0.39, 0.29) is 5.02 Å². The number of hydrogen-bond donors (Lipinski definition) is 0. The normalized spacial score (nSPS) is 18.0. The van der Waals surface area contributed by atoms with Crippen molar-refractivity contribution < 1.29 is 4.39 Å². The summed E-state index contributed by atoms with van der Waals surface area (Å²) in [6.07, 6.45) is 8.68. The van der Waals surface area contributed by atoms with Crippen LogP contribution in [-0.4, -0.2) is 60.4 Å². The Morgan fingerprint density at radius 1 is 0.857 bits per heavy atom. The minimum absolute atomic E-state index is 0.105. The molecule has 0 saturated carbocycles. The molecule has 0 spiro atoms. The minimum atomic E-state index is -0.450. The van der Waals surface area contributed by atoms with Crippen molar-refractivity contribution in [2.24, 2.45) is 4.99 Å². The lowest BCUT2D eigenvalue weighted by molar-refractivity contribution is 0.316. The van der Waals surface area contributed by atoms with E-state index in [4.69, 9.17) is 33.2 Å². The highest BCUT2D eigenvalue weighted by Crippen LogP contribution is 2.30. The molecular weight excluding hydrogens is 486 g/mol. The van der Waals surface area contributed by atoms with Gasteiger partial charge in [0.25, 0.3) is 0 Å². The molecule has 0 radical (unpaired) electrons. The van der Waals surface area contributed by atoms with Gasteiger partial charge in [0.2, 0.25) is 5.95 Å². The molecule has 0 bridgehead atoms. The molecule has 1 aromatic carbocycles. The molecule has 9 heteroatoms. The number of halogens is 3. The minimum Gasteiger partial charge on any atom is -0.353 e. The van der Waals surface area contributed by atoms with Crippen molar-refractivity contribution in [3.05, 3.63) is 58.1 Å². The Hall–Kier alpha value is -2.64. The van der Waals surface area contributed by atoms with E-state index in [2.05, 4.69) is 19.7 Å². The number of allylic oxidation sites excluding steroid dienone is 3. The molecule has 35 heavy (non-hydrogen) atoms. The number of benzene rings is 1. The molecule has 2 fully saturated rings. The van der Waals surface area contributed by atoms with Gasteiger partial charge in [-0.3, -0.25) is 0 Å². The summed E-state index contributed by atoms with van der Waals surface area (Å²) in [5.41, 5.74) is 1.39. The van der Waals surface area contributed by atoms with Gasteiger partial charge in [0.05, 0.1) is 15.7 Å². The number of nitrogens with zero attached hydrogens (tertiary/aromatic N) is 6. The first-order chi connectivity index (χ1) is 17.1. The lowest BCUT2D eigenvalue weighted by Gasteiger charge is -2.37. The van der Waals surface area contributed by atoms with Gasteiger partial charge in [-0.25, -0.2) is 14.4 Å². The Morgan fingerprint density at radius 3 is 2.29 bits per heavy atom. The summed E-state index contributed by atoms with van der Waals surface area (Å²) >= 11 is 12.4. The maximum atomic E-state index is 14.2. The fourth-order valence-electron chi connectivity index (χ4n) is 4.35. The van der Waals surface area contributed by atoms with E-state index in [1.165, 1.54) is 6.07 Å². The zero-order valence-electron chi connectivity index (χ0n) is 20.2. The molecule has 2 saturated heterocycles. The second kappa shape index (κ2) is 11.9. The quantitative estimate of drug-likeness (QED) is 0.489. The first-order valence-corrected chi connectivity index (χ1v) is 13.0. The molecule has 0 N–H and O–H groups in total. The topological polar surface area (TPSA) is 47.9 Å². The Morgan fingerprint density at radius 2 is 1.57 bits per heavy atom. The van der Waals surface area contributed by atoms with Crippen molar-refractivity contribution in [1.82, 2.24) is 14.9 Å². The van der Waals surface area contributed by atoms with Crippen LogP contribution >= 0.6 is 23.2 Å². The van der Waals surface area contributed by atoms with Crippen molar-refractivity contribution in [2.45, 2.75) is 33.1 Å². The van der Waals surface area contributed by atoms with Gasteiger partial charge in [-0.15, -0.1) is 0 Å². The third kappa shape index (κ3) is 5.96. The van der Waals surface area contributed by atoms with Gasteiger partial charge in [-0.2, -0.15) is 4.98 Å². The van der Waals surface area contributed by atoms with Crippen LogP contribution in [-0.2, 0) is 0 Å². The van der Waals surface area contributed by atoms with Crippen LogP contribution in [0.2, 0.25) is 5.02 Å². The summed E-state index contributed by atoms with van der Waals surface area (Å²) in [5.74, 6) is 1.94. The van der Waals surface area contributed by atoms with Gasteiger partial charge in [0.1, 0.15) is 17.5 Å². The van der Waals surface area contributed by atoms with Crippen molar-refractivity contribution in [3.8, 4) is 11.3 Å². The lowest BCUT2D eigenvalue weighted by atomic mass is 10.1. The molecule has 1 aromatic heterocycles. The number of piperazine rings is 1. The van der Waals surface area contributed by atoms with E-state index in [0.29, 0.717) is 23.6 Å². The highest BCUT2D eigenvalue weighted by atomic mass is 35.5. The van der Waals surface area contributed by atoms with Crippen molar-refractivity contribution in [1.29, 1.82) is 0 Å². The van der Waals surface area contributed by atoms with Crippen LogP contribution in [0.25, 0.3) is 11.3 Å². The van der Waals surface area contributed by atoms with Crippen LogP contribution < -0.4 is 9.80 Å². The Labute approximate surface area is 216 Å². The average molecular weight is 517 g/mol. The van der Waals surface area contributed by atoms with Crippen LogP contribution in [0, 0.1) is 5.82 Å². The molecule has 0 atom stereocenters. The Balaban J connectivity index is 0.00000141. The van der Waals surface area contributed by atoms with E-state index < -0.39 is 5.82 Å². The predicted molar refractivity (Wildman–Crippen MR) is 144 cm³/mol. The second-order valence-electron chi connectivity index (χ2n) is 8.35. The Bertz CT molecular complexity index is 1120. The first-order valence-electron chi connectivity index (χ1n) is 12.3. The number of hydrogen-bond acceptors (Lipinski definition) is 6. The molecule has 3 aliphatic heterocycles. The molecule has 5 rings (SSSR count). The smallest absolute Gasteiger partial charge is 0.227 e. The van der Waals surface area contributed by atoms with E-state index >= 15 is 0 Å². The zero-order valence-corrected chi connectivity index (χ0v) is 21.7. The SMILES string of the molecule is CC.Fc1cc(-c2cc(N3CCN(C4=C(Cl)CC=CC=N4)CC3)nc(N3CCCC3)n2)ccc1Cl. The summed E-state index contributed by atoms with van der Waals surface area (Å²) in [7, 11) is 0. The summed E-state index contributed by atoms with van der Waals surface area (Å²) in [6, 6.07) is 6.75. The standard InChI is InChI=1S/C24H25Cl2FN6.C2H6/c25-18-7-6-17(15-20(18)27)21-16-22(30-24(29-21)33-9-3-4-10-33)31-11-13-32(14-12-31)23-19(26)5-1-2-8-28-23;1-2/h1-2,6-8,15-16H,3-5,9-14H2;1-2H3. The molecule has 6 nitrogen and oxygen atoms in total. The molecule has 2 aromatic rings. The molecule has 3 aliphatic rings. The van der Waals surface area contributed by atoms with Gasteiger partial charge in [-0.05, 0) is 31.1 Å². The predicted octanol–water partition coefficient (Wildman–Crippen LogP) is 6.12. The number of aliphatic imine (C=N–C) groups is 1. The third-order valence-corrected chi connectivity index (χ3v) is 6.80. The summed E-state index contributed by atoms with van der Waals surface area (Å²) in [5, 5.41) is 0.868. The maximum absolute atomic E-state index is 14.2. The number of aromatic nitrogens is 2. The molecular formula is C26H31Cl2FN6. The van der Waals surface area contributed by atoms with Crippen molar-refractivity contribution in [2.75, 3.05) is 49.1 Å². The molecule has 4 heterocycles. The maximum Gasteiger partial charge on any atom is 0.227 e. The largest absolute Gasteiger partial charge is 0.353 e. The molecule has 0 aliphatic carbocycles. The Kier molecular flexibility index (Phi) is 8.63. The van der Waals surface area contributed by atoms with E-state index in [1.807, 2.05) is 32.1 Å². The molecule has 0 unspecified atom stereocenters. The van der Waals surface area contributed by atoms with Crippen LogP contribution in [0.5, 0.6) is 0 Å². The van der Waals surface area contributed by atoms with Crippen LogP contribution in [0.1, 0.15) is 33.1 Å². The van der Waals surface area contributed by atoms with Gasteiger partial charge in [0, 0.05) is 63.5 Å². The average Bonchev–Trinajstić information content (AvgIpc) is 3.36. The van der Waals surface area contributed by atoms with Crippen LogP contribution in [0.15, 0.2) is 52.3 Å². The number of anilines is 2. The van der Waals surface area contributed by atoms with Gasteiger partial charge in [0.15, 0.2) is 0 Å². The van der Waals surface area contributed by atoms with Gasteiger partial charge >= 0.3 is 0 Å². The highest BCUT2D eigenvalue weighted by Gasteiger charge is 2.24. The fourth-order valence-corrected chi connectivity index (χ4v) is 4.73. The van der Waals surface area contributed by atoms with E-state index in [0.717, 1.165) is 68.8 Å². The highest BCUT2D eigenvalue weighted by molar-refractivity contribution is 6.30. The number of rotatable bonds is 4. The summed E-state index contributed by atoms with van der Waals surface area (Å²) in [4.78, 5) is 20.9. The summed E-state index contributed by atoms with van der Waals surface area (Å²) in [6.45, 7) is 9.01. The van der Waals surface area contributed by atoms with E-state index in [1.54, 1.807) is 18.3 Å². The van der Waals surface area contributed by atoms with Gasteiger partial charge in [-0.1, -0.05) is 49.2 Å². The fraction of sp³-hybridized carbons (Fsp3) is 0.423. The van der Waals surface area contributed by atoms with Crippen molar-refractivity contribution >= 4 is 41.2 Å². The van der Waals surface area contributed by atoms with Gasteiger partial charge < -0.3 is 14.7 Å². The van der Waals surface area contributed by atoms with Crippen LogP contribution in [0.4, 0.5) is 16.2 Å². The van der Waals surface area contributed by atoms with E-state index in [9.17, 15) is 4.39 Å². The van der Waals surface area contributed by atoms with Crippen molar-refractivity contribution in [3.63, 3.8) is 0 Å². The van der Waals surface area contributed by atoms with Crippen LogP contribution in [0.3, 0.4) is 0 Å². The summed E-state index contributed by atoms with van der Waals surface area (Å²) < 4.78 is 14.2. The third-order valence-electron chi connectivity index (χ3n) is 6.17. The lowest BCUT2D eigenvalue weighted by Crippen LogP contribution is -2.46. The first kappa shape index (κ1) is 25.5. The molecule has 186 valence electrons. The molecule has 0 amide bonds. The zero-order chi connectivity index (χ0) is 24.8.